The number of rotatable bonds is 3. The predicted octanol–water partition coefficient (Wildman–Crippen LogP) is 0.909. The average molecular weight is 195 g/mol. The second kappa shape index (κ2) is 4.09. The van der Waals surface area contributed by atoms with E-state index in [1.165, 1.54) is 25.7 Å². The number of aliphatic hydroxyl groups is 1. The molecule has 0 saturated heterocycles. The lowest BCUT2D eigenvalue weighted by Gasteiger charge is -2.15. The monoisotopic (exact) mass is 195 g/mol. The smallest absolute Gasteiger partial charge is 0.0852 e. The summed E-state index contributed by atoms with van der Waals surface area (Å²) >= 11 is 0. The van der Waals surface area contributed by atoms with Gasteiger partial charge < -0.3 is 5.11 Å². The maximum absolute atomic E-state index is 9.93. The van der Waals surface area contributed by atoms with Crippen molar-refractivity contribution in [2.45, 2.75) is 38.2 Å². The van der Waals surface area contributed by atoms with Gasteiger partial charge in [0.2, 0.25) is 0 Å². The third-order valence-electron chi connectivity index (χ3n) is 3.01. The van der Waals surface area contributed by atoms with Gasteiger partial charge in [-0.2, -0.15) is 0 Å². The lowest BCUT2D eigenvalue weighted by molar-refractivity contribution is 0.110. The largest absolute Gasteiger partial charge is 0.392 e. The van der Waals surface area contributed by atoms with Gasteiger partial charge in [0.05, 0.1) is 11.8 Å². The zero-order chi connectivity index (χ0) is 9.97. The van der Waals surface area contributed by atoms with E-state index in [1.807, 2.05) is 13.2 Å². The van der Waals surface area contributed by atoms with Crippen LogP contribution in [0, 0.1) is 5.92 Å². The quantitative estimate of drug-likeness (QED) is 0.780. The summed E-state index contributed by atoms with van der Waals surface area (Å²) in [5.41, 5.74) is 0.895. The van der Waals surface area contributed by atoms with Crippen molar-refractivity contribution in [1.29, 1.82) is 0 Å². The summed E-state index contributed by atoms with van der Waals surface area (Å²) in [6.07, 6.45) is 7.17. The summed E-state index contributed by atoms with van der Waals surface area (Å²) in [5, 5.41) is 17.8. The van der Waals surface area contributed by atoms with Gasteiger partial charge in [0, 0.05) is 19.7 Å². The molecule has 4 nitrogen and oxygen atoms in total. The van der Waals surface area contributed by atoms with Crippen molar-refractivity contribution >= 4 is 0 Å². The number of hydrogen-bond donors (Lipinski definition) is 1. The Hall–Kier alpha value is -0.900. The molecule has 1 heterocycles. The van der Waals surface area contributed by atoms with E-state index in [0.717, 1.165) is 5.69 Å². The maximum Gasteiger partial charge on any atom is 0.0852 e. The zero-order valence-electron chi connectivity index (χ0n) is 8.56. The number of hydrogen-bond acceptors (Lipinski definition) is 3. The molecule has 2 rings (SSSR count). The number of aliphatic hydroxyl groups excluding tert-OH is 1. The zero-order valence-corrected chi connectivity index (χ0v) is 8.56. The Balaban J connectivity index is 1.90. The molecular weight excluding hydrogens is 178 g/mol. The summed E-state index contributed by atoms with van der Waals surface area (Å²) in [6.45, 7) is 0. The number of aromatic nitrogens is 3. The third kappa shape index (κ3) is 2.12. The molecule has 1 aromatic heterocycles. The minimum absolute atomic E-state index is 0.228. The van der Waals surface area contributed by atoms with Gasteiger partial charge >= 0.3 is 0 Å². The molecule has 14 heavy (non-hydrogen) atoms. The van der Waals surface area contributed by atoms with E-state index in [0.29, 0.717) is 12.3 Å². The average Bonchev–Trinajstić information content (AvgIpc) is 2.75. The van der Waals surface area contributed by atoms with Gasteiger partial charge in [-0.3, -0.25) is 4.68 Å². The molecule has 1 aromatic rings. The fourth-order valence-corrected chi connectivity index (χ4v) is 2.21. The SMILES string of the molecule is Cn1cc(CC(O)C2CCCC2)nn1. The molecule has 0 radical (unpaired) electrons. The second-order valence-corrected chi connectivity index (χ2v) is 4.20. The van der Waals surface area contributed by atoms with Gasteiger partial charge in [0.15, 0.2) is 0 Å². The highest BCUT2D eigenvalue weighted by atomic mass is 16.3. The van der Waals surface area contributed by atoms with Gasteiger partial charge in [-0.05, 0) is 18.8 Å². The van der Waals surface area contributed by atoms with E-state index in [-0.39, 0.29) is 6.10 Å². The van der Waals surface area contributed by atoms with Crippen molar-refractivity contribution in [3.8, 4) is 0 Å². The molecule has 1 atom stereocenters. The van der Waals surface area contributed by atoms with Crippen molar-refractivity contribution < 1.29 is 5.11 Å². The van der Waals surface area contributed by atoms with Crippen LogP contribution in [0.4, 0.5) is 0 Å². The normalized spacial score (nSPS) is 20.1. The third-order valence-corrected chi connectivity index (χ3v) is 3.01. The summed E-state index contributed by atoms with van der Waals surface area (Å²) in [4.78, 5) is 0. The van der Waals surface area contributed by atoms with Crippen LogP contribution in [0.1, 0.15) is 31.4 Å². The van der Waals surface area contributed by atoms with E-state index < -0.39 is 0 Å². The highest BCUT2D eigenvalue weighted by Crippen LogP contribution is 2.28. The molecule has 1 aliphatic rings. The summed E-state index contributed by atoms with van der Waals surface area (Å²) in [6, 6.07) is 0. The Bertz CT molecular complexity index is 291. The molecule has 0 aromatic carbocycles. The molecule has 1 N–H and O–H groups in total. The lowest BCUT2D eigenvalue weighted by Crippen LogP contribution is -2.20. The molecule has 1 fully saturated rings. The van der Waals surface area contributed by atoms with E-state index >= 15 is 0 Å². The van der Waals surface area contributed by atoms with Crippen LogP contribution in [0.25, 0.3) is 0 Å². The topological polar surface area (TPSA) is 50.9 Å². The van der Waals surface area contributed by atoms with Crippen LogP contribution in [0.5, 0.6) is 0 Å². The highest BCUT2D eigenvalue weighted by Gasteiger charge is 2.23. The summed E-state index contributed by atoms with van der Waals surface area (Å²) in [7, 11) is 1.85. The van der Waals surface area contributed by atoms with Crippen molar-refractivity contribution in [3.05, 3.63) is 11.9 Å². The molecule has 1 aliphatic carbocycles. The molecule has 1 saturated carbocycles. The molecule has 4 heteroatoms. The molecule has 0 spiro atoms. The minimum atomic E-state index is -0.228. The first kappa shape index (κ1) is 9.65. The van der Waals surface area contributed by atoms with Gasteiger partial charge in [-0.1, -0.05) is 18.1 Å². The molecule has 1 unspecified atom stereocenters. The first-order chi connectivity index (χ1) is 6.75. The van der Waals surface area contributed by atoms with Crippen LogP contribution in [0.2, 0.25) is 0 Å². The van der Waals surface area contributed by atoms with Gasteiger partial charge in [0.25, 0.3) is 0 Å². The summed E-state index contributed by atoms with van der Waals surface area (Å²) < 4.78 is 1.68. The standard InChI is InChI=1S/C10H17N3O/c1-13-7-9(11-12-13)6-10(14)8-4-2-3-5-8/h7-8,10,14H,2-6H2,1H3. The molecule has 0 aliphatic heterocycles. The van der Waals surface area contributed by atoms with Crippen molar-refractivity contribution in [2.24, 2.45) is 13.0 Å². The first-order valence-corrected chi connectivity index (χ1v) is 5.29. The Labute approximate surface area is 83.9 Å². The van der Waals surface area contributed by atoms with Crippen molar-refractivity contribution in [2.75, 3.05) is 0 Å². The van der Waals surface area contributed by atoms with Crippen molar-refractivity contribution in [1.82, 2.24) is 15.0 Å². The van der Waals surface area contributed by atoms with Crippen LogP contribution >= 0.6 is 0 Å². The fourth-order valence-electron chi connectivity index (χ4n) is 2.21. The first-order valence-electron chi connectivity index (χ1n) is 5.29. The van der Waals surface area contributed by atoms with E-state index in [2.05, 4.69) is 10.3 Å². The predicted molar refractivity (Wildman–Crippen MR) is 52.7 cm³/mol. The number of nitrogens with zero attached hydrogens (tertiary/aromatic N) is 3. The van der Waals surface area contributed by atoms with Gasteiger partial charge in [-0.25, -0.2) is 0 Å². The van der Waals surface area contributed by atoms with E-state index in [1.54, 1.807) is 4.68 Å². The molecule has 0 amide bonds. The van der Waals surface area contributed by atoms with E-state index in [4.69, 9.17) is 0 Å². The maximum atomic E-state index is 9.93. The Kier molecular flexibility index (Phi) is 2.82. The minimum Gasteiger partial charge on any atom is -0.392 e. The van der Waals surface area contributed by atoms with Gasteiger partial charge in [-0.15, -0.1) is 5.10 Å². The van der Waals surface area contributed by atoms with Crippen LogP contribution in [-0.4, -0.2) is 26.2 Å². The van der Waals surface area contributed by atoms with Crippen LogP contribution in [-0.2, 0) is 13.5 Å². The number of aryl methyl sites for hydroxylation is 1. The Morgan fingerprint density at radius 1 is 1.57 bits per heavy atom. The van der Waals surface area contributed by atoms with Crippen LogP contribution < -0.4 is 0 Å². The Morgan fingerprint density at radius 2 is 2.29 bits per heavy atom. The van der Waals surface area contributed by atoms with E-state index in [9.17, 15) is 5.11 Å². The molecular formula is C10H17N3O. The fraction of sp³-hybridized carbons (Fsp3) is 0.800. The van der Waals surface area contributed by atoms with Crippen LogP contribution in [0.15, 0.2) is 6.20 Å². The summed E-state index contributed by atoms with van der Waals surface area (Å²) in [5.74, 6) is 0.483. The van der Waals surface area contributed by atoms with Gasteiger partial charge in [0.1, 0.15) is 0 Å². The molecule has 0 bridgehead atoms. The Morgan fingerprint density at radius 3 is 2.86 bits per heavy atom. The lowest BCUT2D eigenvalue weighted by atomic mass is 9.97. The second-order valence-electron chi connectivity index (χ2n) is 4.20. The highest BCUT2D eigenvalue weighted by molar-refractivity contribution is 4.95. The van der Waals surface area contributed by atoms with Crippen LogP contribution in [0.3, 0.4) is 0 Å². The van der Waals surface area contributed by atoms with Crippen molar-refractivity contribution in [3.63, 3.8) is 0 Å². The molecule has 78 valence electrons.